The molecule has 0 bridgehead atoms. The van der Waals surface area contributed by atoms with Gasteiger partial charge < -0.3 is 4.98 Å². The quantitative estimate of drug-likeness (QED) is 0.745. The number of nitrogens with zero attached hydrogens (tertiary/aromatic N) is 3. The van der Waals surface area contributed by atoms with E-state index in [1.54, 1.807) is 18.3 Å². The van der Waals surface area contributed by atoms with E-state index >= 15 is 0 Å². The Morgan fingerprint density at radius 3 is 2.83 bits per heavy atom. The predicted molar refractivity (Wildman–Crippen MR) is 87.5 cm³/mol. The van der Waals surface area contributed by atoms with E-state index in [1.807, 2.05) is 25.5 Å². The van der Waals surface area contributed by atoms with Gasteiger partial charge in [-0.15, -0.1) is 0 Å². The first kappa shape index (κ1) is 15.7. The van der Waals surface area contributed by atoms with Crippen LogP contribution in [0.3, 0.4) is 0 Å². The first-order valence-electron chi connectivity index (χ1n) is 7.38. The topological polar surface area (TPSA) is 92.7 Å². The molecular weight excluding hydrogens is 314 g/mol. The average molecular weight is 333 g/mol. The van der Waals surface area contributed by atoms with Gasteiger partial charge in [0.25, 0.3) is 0 Å². The minimum Gasteiger partial charge on any atom is -0.345 e. The van der Waals surface area contributed by atoms with Crippen LogP contribution in [-0.2, 0) is 23.1 Å². The van der Waals surface area contributed by atoms with Crippen LogP contribution in [0, 0.1) is 13.8 Å². The molecule has 0 amide bonds. The van der Waals surface area contributed by atoms with Gasteiger partial charge in [-0.1, -0.05) is 0 Å². The Morgan fingerprint density at radius 2 is 2.13 bits per heavy atom. The summed E-state index contributed by atoms with van der Waals surface area (Å²) in [5, 5.41) is 4.99. The zero-order valence-corrected chi connectivity index (χ0v) is 14.1. The molecule has 23 heavy (non-hydrogen) atoms. The standard InChI is InChI=1S/C15H19N5O2S/c1-4-20-11(3)13(10(2)19-20)8-18-23(21,22)14-9-17-15-12(14)6-5-7-16-15/h5-7,9,18H,4,8H2,1-3H3,(H,16,17). The van der Waals surface area contributed by atoms with E-state index in [1.165, 1.54) is 6.20 Å². The molecular formula is C15H19N5O2S. The Balaban J connectivity index is 1.89. The van der Waals surface area contributed by atoms with Crippen molar-refractivity contribution in [3.8, 4) is 0 Å². The van der Waals surface area contributed by atoms with Crippen LogP contribution in [0.5, 0.6) is 0 Å². The van der Waals surface area contributed by atoms with Crippen LogP contribution >= 0.6 is 0 Å². The molecule has 0 saturated carbocycles. The second-order valence-electron chi connectivity index (χ2n) is 5.34. The van der Waals surface area contributed by atoms with Gasteiger partial charge in [-0.3, -0.25) is 4.68 Å². The molecule has 0 spiro atoms. The van der Waals surface area contributed by atoms with E-state index in [0.717, 1.165) is 23.5 Å². The molecule has 0 aliphatic carbocycles. The fourth-order valence-corrected chi connectivity index (χ4v) is 3.85. The Kier molecular flexibility index (Phi) is 3.95. The summed E-state index contributed by atoms with van der Waals surface area (Å²) < 4.78 is 29.7. The number of rotatable bonds is 5. The molecule has 0 unspecified atom stereocenters. The molecule has 0 aromatic carbocycles. The molecule has 0 aliphatic heterocycles. The number of hydrogen-bond acceptors (Lipinski definition) is 4. The first-order chi connectivity index (χ1) is 10.9. The lowest BCUT2D eigenvalue weighted by Crippen LogP contribution is -2.23. The van der Waals surface area contributed by atoms with Crippen LogP contribution < -0.4 is 4.72 Å². The van der Waals surface area contributed by atoms with E-state index in [4.69, 9.17) is 0 Å². The maximum Gasteiger partial charge on any atom is 0.243 e. The third-order valence-electron chi connectivity index (χ3n) is 3.97. The van der Waals surface area contributed by atoms with Crippen molar-refractivity contribution in [2.45, 2.75) is 38.8 Å². The third-order valence-corrected chi connectivity index (χ3v) is 5.41. The lowest BCUT2D eigenvalue weighted by molar-refractivity contribution is 0.581. The van der Waals surface area contributed by atoms with Crippen molar-refractivity contribution in [2.24, 2.45) is 0 Å². The van der Waals surface area contributed by atoms with Crippen molar-refractivity contribution in [1.82, 2.24) is 24.5 Å². The average Bonchev–Trinajstić information content (AvgIpc) is 3.07. The lowest BCUT2D eigenvalue weighted by atomic mass is 10.2. The molecule has 3 heterocycles. The molecule has 0 saturated heterocycles. The van der Waals surface area contributed by atoms with Crippen molar-refractivity contribution in [3.05, 3.63) is 41.5 Å². The number of fused-ring (bicyclic) bond motifs is 1. The van der Waals surface area contributed by atoms with Crippen LogP contribution in [0.25, 0.3) is 11.0 Å². The fraction of sp³-hybridized carbons (Fsp3) is 0.333. The summed E-state index contributed by atoms with van der Waals surface area (Å²) in [6.45, 7) is 6.81. The normalized spacial score (nSPS) is 12.1. The molecule has 0 fully saturated rings. The minimum atomic E-state index is -3.63. The SMILES string of the molecule is CCn1nc(C)c(CNS(=O)(=O)c2c[nH]c3ncccc23)c1C. The van der Waals surface area contributed by atoms with Crippen molar-refractivity contribution in [2.75, 3.05) is 0 Å². The molecule has 3 aromatic rings. The minimum absolute atomic E-state index is 0.207. The van der Waals surface area contributed by atoms with Gasteiger partial charge >= 0.3 is 0 Å². The molecule has 3 aromatic heterocycles. The Morgan fingerprint density at radius 1 is 1.35 bits per heavy atom. The Labute approximate surface area is 134 Å². The molecule has 0 aliphatic rings. The van der Waals surface area contributed by atoms with E-state index in [2.05, 4.69) is 19.8 Å². The summed E-state index contributed by atoms with van der Waals surface area (Å²) in [6, 6.07) is 3.45. The third kappa shape index (κ3) is 2.75. The van der Waals surface area contributed by atoms with Gasteiger partial charge in [0.15, 0.2) is 0 Å². The summed E-state index contributed by atoms with van der Waals surface area (Å²) >= 11 is 0. The van der Waals surface area contributed by atoms with Crippen LogP contribution in [0.15, 0.2) is 29.4 Å². The van der Waals surface area contributed by atoms with Crippen LogP contribution in [0.1, 0.15) is 23.9 Å². The largest absolute Gasteiger partial charge is 0.345 e. The van der Waals surface area contributed by atoms with Crippen LogP contribution in [0.2, 0.25) is 0 Å². The number of aryl methyl sites for hydroxylation is 2. The molecule has 3 rings (SSSR count). The number of aromatic nitrogens is 4. The molecule has 2 N–H and O–H groups in total. The van der Waals surface area contributed by atoms with Gasteiger partial charge in [-0.05, 0) is 32.9 Å². The number of pyridine rings is 1. The number of sulfonamides is 1. The second kappa shape index (κ2) is 5.78. The zero-order chi connectivity index (χ0) is 16.6. The lowest BCUT2D eigenvalue weighted by Gasteiger charge is -2.07. The Bertz CT molecular complexity index is 956. The number of aromatic amines is 1. The first-order valence-corrected chi connectivity index (χ1v) is 8.87. The molecule has 8 heteroatoms. The highest BCUT2D eigenvalue weighted by Gasteiger charge is 2.20. The number of H-pyrrole nitrogens is 1. The number of hydrogen-bond donors (Lipinski definition) is 2. The monoisotopic (exact) mass is 333 g/mol. The van der Waals surface area contributed by atoms with E-state index < -0.39 is 10.0 Å². The second-order valence-corrected chi connectivity index (χ2v) is 7.08. The van der Waals surface area contributed by atoms with E-state index in [0.29, 0.717) is 11.0 Å². The van der Waals surface area contributed by atoms with Gasteiger partial charge in [0.05, 0.1) is 5.69 Å². The van der Waals surface area contributed by atoms with Gasteiger partial charge in [-0.2, -0.15) is 5.10 Å². The predicted octanol–water partition coefficient (Wildman–Crippen LogP) is 1.87. The van der Waals surface area contributed by atoms with Gasteiger partial charge in [0.1, 0.15) is 10.5 Å². The molecule has 0 atom stereocenters. The molecule has 7 nitrogen and oxygen atoms in total. The molecule has 0 radical (unpaired) electrons. The van der Waals surface area contributed by atoms with Crippen molar-refractivity contribution in [3.63, 3.8) is 0 Å². The van der Waals surface area contributed by atoms with E-state index in [-0.39, 0.29) is 11.4 Å². The van der Waals surface area contributed by atoms with Crippen molar-refractivity contribution < 1.29 is 8.42 Å². The highest BCUT2D eigenvalue weighted by atomic mass is 32.2. The van der Waals surface area contributed by atoms with Crippen LogP contribution in [0.4, 0.5) is 0 Å². The van der Waals surface area contributed by atoms with Crippen molar-refractivity contribution >= 4 is 21.1 Å². The highest BCUT2D eigenvalue weighted by Crippen LogP contribution is 2.21. The zero-order valence-electron chi connectivity index (χ0n) is 13.3. The summed E-state index contributed by atoms with van der Waals surface area (Å²) in [6.07, 6.45) is 3.09. The van der Waals surface area contributed by atoms with E-state index in [9.17, 15) is 8.42 Å². The summed E-state index contributed by atoms with van der Waals surface area (Å²) in [7, 11) is -3.63. The summed E-state index contributed by atoms with van der Waals surface area (Å²) in [5.74, 6) is 0. The highest BCUT2D eigenvalue weighted by molar-refractivity contribution is 7.89. The Hall–Kier alpha value is -2.19. The maximum atomic E-state index is 12.6. The summed E-state index contributed by atoms with van der Waals surface area (Å²) in [4.78, 5) is 7.20. The van der Waals surface area contributed by atoms with Crippen LogP contribution in [-0.4, -0.2) is 28.2 Å². The smallest absolute Gasteiger partial charge is 0.243 e. The van der Waals surface area contributed by atoms with Crippen molar-refractivity contribution in [1.29, 1.82) is 0 Å². The van der Waals surface area contributed by atoms with Gasteiger partial charge in [-0.25, -0.2) is 18.1 Å². The van der Waals surface area contributed by atoms with Gasteiger partial charge in [0, 0.05) is 42.1 Å². The fourth-order valence-electron chi connectivity index (χ4n) is 2.70. The maximum absolute atomic E-state index is 12.6. The number of nitrogens with one attached hydrogen (secondary N) is 2. The van der Waals surface area contributed by atoms with Gasteiger partial charge in [0.2, 0.25) is 10.0 Å². The summed E-state index contributed by atoms with van der Waals surface area (Å²) in [5.41, 5.74) is 3.29. The molecule has 122 valence electrons.